The molecule has 3 fully saturated rings. The lowest BCUT2D eigenvalue weighted by Crippen LogP contribution is -2.27. The first-order valence-electron chi connectivity index (χ1n) is 11.5. The van der Waals surface area contributed by atoms with E-state index in [0.717, 1.165) is 68.7 Å². The Hall–Kier alpha value is -3.37. The van der Waals surface area contributed by atoms with Gasteiger partial charge in [-0.3, -0.25) is 4.79 Å². The van der Waals surface area contributed by atoms with Crippen LogP contribution in [0.15, 0.2) is 36.7 Å². The topological polar surface area (TPSA) is 87.5 Å². The zero-order valence-electron chi connectivity index (χ0n) is 18.3. The minimum atomic E-state index is -4.42. The predicted octanol–water partition coefficient (Wildman–Crippen LogP) is 4.11. The molecule has 6 rings (SSSR count). The van der Waals surface area contributed by atoms with E-state index in [1.807, 2.05) is 17.0 Å². The van der Waals surface area contributed by atoms with Gasteiger partial charge >= 0.3 is 6.18 Å². The maximum absolute atomic E-state index is 12.9. The minimum Gasteiger partial charge on any atom is -0.367 e. The SMILES string of the molecule is O=C1N(c2ccc(N[C@H]3CC[C@H](Nc4nc5cc(C(F)(F)F)ccn5n4)C3)nc2)CCC12CC2. The number of hydrogen-bond donors (Lipinski definition) is 2. The first-order valence-corrected chi connectivity index (χ1v) is 11.5. The third kappa shape index (κ3) is 3.82. The lowest BCUT2D eigenvalue weighted by atomic mass is 10.1. The van der Waals surface area contributed by atoms with Gasteiger partial charge in [-0.1, -0.05) is 0 Å². The van der Waals surface area contributed by atoms with E-state index in [1.54, 1.807) is 6.20 Å². The van der Waals surface area contributed by atoms with Gasteiger partial charge in [-0.05, 0) is 62.8 Å². The zero-order valence-corrected chi connectivity index (χ0v) is 18.3. The highest BCUT2D eigenvalue weighted by Gasteiger charge is 2.55. The summed E-state index contributed by atoms with van der Waals surface area (Å²) in [6, 6.07) is 6.13. The number of pyridine rings is 2. The highest BCUT2D eigenvalue weighted by atomic mass is 19.4. The van der Waals surface area contributed by atoms with Gasteiger partial charge in [-0.15, -0.1) is 5.10 Å². The van der Waals surface area contributed by atoms with E-state index in [-0.39, 0.29) is 29.1 Å². The lowest BCUT2D eigenvalue weighted by molar-refractivity contribution is -0.137. The van der Waals surface area contributed by atoms with Crippen molar-refractivity contribution >= 4 is 29.0 Å². The number of anilines is 3. The van der Waals surface area contributed by atoms with Crippen LogP contribution in [0.5, 0.6) is 0 Å². The second-order valence-corrected chi connectivity index (χ2v) is 9.54. The normalized spacial score (nSPS) is 23.7. The van der Waals surface area contributed by atoms with Gasteiger partial charge in [-0.25, -0.2) is 9.50 Å². The molecular weight excluding hydrogens is 447 g/mol. The van der Waals surface area contributed by atoms with Crippen LogP contribution in [0.25, 0.3) is 5.65 Å². The Morgan fingerprint density at radius 3 is 2.53 bits per heavy atom. The molecule has 1 spiro atoms. The summed E-state index contributed by atoms with van der Waals surface area (Å²) < 4.78 is 40.1. The summed E-state index contributed by atoms with van der Waals surface area (Å²) in [6.45, 7) is 0.762. The van der Waals surface area contributed by atoms with Gasteiger partial charge in [0.15, 0.2) is 5.65 Å². The van der Waals surface area contributed by atoms with Gasteiger partial charge in [0.25, 0.3) is 0 Å². The molecule has 1 amide bonds. The average molecular weight is 471 g/mol. The maximum atomic E-state index is 12.9. The molecule has 1 saturated heterocycles. The number of carbonyl (C=O) groups is 1. The van der Waals surface area contributed by atoms with E-state index >= 15 is 0 Å². The van der Waals surface area contributed by atoms with Crippen molar-refractivity contribution in [1.82, 2.24) is 19.6 Å². The summed E-state index contributed by atoms with van der Waals surface area (Å²) in [5.74, 6) is 1.30. The average Bonchev–Trinajstić information content (AvgIpc) is 3.11. The number of alkyl halides is 3. The number of nitrogens with one attached hydrogen (secondary N) is 2. The molecule has 34 heavy (non-hydrogen) atoms. The number of halogens is 3. The molecule has 3 aromatic rings. The van der Waals surface area contributed by atoms with E-state index in [9.17, 15) is 18.0 Å². The van der Waals surface area contributed by atoms with Crippen molar-refractivity contribution in [2.75, 3.05) is 22.1 Å². The Bertz CT molecular complexity index is 1240. The van der Waals surface area contributed by atoms with Crippen LogP contribution in [0.1, 0.15) is 44.1 Å². The maximum Gasteiger partial charge on any atom is 0.416 e. The molecule has 4 heterocycles. The van der Waals surface area contributed by atoms with Gasteiger partial charge in [0.05, 0.1) is 22.9 Å². The van der Waals surface area contributed by atoms with Gasteiger partial charge in [0.2, 0.25) is 11.9 Å². The van der Waals surface area contributed by atoms with Crippen molar-refractivity contribution in [1.29, 1.82) is 0 Å². The summed E-state index contributed by atoms with van der Waals surface area (Å²) in [6.07, 6.45) is 4.15. The van der Waals surface area contributed by atoms with E-state index in [2.05, 4.69) is 25.7 Å². The largest absolute Gasteiger partial charge is 0.416 e. The molecule has 2 atom stereocenters. The van der Waals surface area contributed by atoms with Crippen LogP contribution in [-0.2, 0) is 11.0 Å². The molecule has 0 aromatic carbocycles. The highest BCUT2D eigenvalue weighted by Crippen LogP contribution is 2.54. The number of carbonyl (C=O) groups excluding carboxylic acids is 1. The van der Waals surface area contributed by atoms with Gasteiger partial charge in [0.1, 0.15) is 5.82 Å². The Morgan fingerprint density at radius 1 is 1.06 bits per heavy atom. The molecule has 2 aliphatic carbocycles. The fourth-order valence-corrected chi connectivity index (χ4v) is 5.07. The van der Waals surface area contributed by atoms with Crippen LogP contribution in [-0.4, -0.2) is 44.1 Å². The lowest BCUT2D eigenvalue weighted by Gasteiger charge is -2.18. The number of fused-ring (bicyclic) bond motifs is 1. The number of amides is 1. The zero-order chi connectivity index (χ0) is 23.5. The Labute approximate surface area is 193 Å². The van der Waals surface area contributed by atoms with Gasteiger partial charge in [0, 0.05) is 24.8 Å². The summed E-state index contributed by atoms with van der Waals surface area (Å²) >= 11 is 0. The monoisotopic (exact) mass is 471 g/mol. The Kier molecular flexibility index (Phi) is 4.72. The third-order valence-corrected chi connectivity index (χ3v) is 7.21. The van der Waals surface area contributed by atoms with E-state index < -0.39 is 11.7 Å². The van der Waals surface area contributed by atoms with Gasteiger partial charge < -0.3 is 15.5 Å². The van der Waals surface area contributed by atoms with Crippen molar-refractivity contribution in [2.45, 2.75) is 56.8 Å². The predicted molar refractivity (Wildman–Crippen MR) is 120 cm³/mol. The van der Waals surface area contributed by atoms with Crippen molar-refractivity contribution < 1.29 is 18.0 Å². The Morgan fingerprint density at radius 2 is 1.85 bits per heavy atom. The molecule has 11 heteroatoms. The summed E-state index contributed by atoms with van der Waals surface area (Å²) in [7, 11) is 0. The standard InChI is InChI=1S/C23H24F3N7O/c24-23(25,26)14-5-9-33-19(11-14)30-21(31-33)29-16-2-1-15(12-16)28-18-4-3-17(13-27-18)32-10-8-22(6-7-22)20(32)34/h3-5,9,11,13,15-16H,1-2,6-8,10,12H2,(H,27,28)(H,29,31)/t15-,16-/m0/s1. The van der Waals surface area contributed by atoms with Crippen LogP contribution >= 0.6 is 0 Å². The van der Waals surface area contributed by atoms with Crippen molar-refractivity contribution in [3.05, 3.63) is 42.2 Å². The molecule has 178 valence electrons. The summed E-state index contributed by atoms with van der Waals surface area (Å²) in [5, 5.41) is 10.9. The second-order valence-electron chi connectivity index (χ2n) is 9.54. The number of nitrogens with zero attached hydrogens (tertiary/aromatic N) is 5. The fourth-order valence-electron chi connectivity index (χ4n) is 5.07. The number of hydrogen-bond acceptors (Lipinski definition) is 6. The van der Waals surface area contributed by atoms with Crippen LogP contribution in [0.2, 0.25) is 0 Å². The molecule has 8 nitrogen and oxygen atoms in total. The van der Waals surface area contributed by atoms with Crippen molar-refractivity contribution in [3.8, 4) is 0 Å². The fraction of sp³-hybridized carbons (Fsp3) is 0.478. The van der Waals surface area contributed by atoms with E-state index in [0.29, 0.717) is 5.95 Å². The molecule has 0 bridgehead atoms. The molecule has 0 unspecified atom stereocenters. The molecule has 3 aromatic heterocycles. The third-order valence-electron chi connectivity index (χ3n) is 7.21. The minimum absolute atomic E-state index is 0.0841. The van der Waals surface area contributed by atoms with Gasteiger partial charge in [-0.2, -0.15) is 18.2 Å². The number of aromatic nitrogens is 4. The van der Waals surface area contributed by atoms with Crippen LogP contribution in [0.4, 0.5) is 30.6 Å². The molecule has 3 aliphatic rings. The van der Waals surface area contributed by atoms with Crippen molar-refractivity contribution in [2.24, 2.45) is 5.41 Å². The molecule has 2 N–H and O–H groups in total. The van der Waals surface area contributed by atoms with E-state index in [4.69, 9.17) is 0 Å². The smallest absolute Gasteiger partial charge is 0.367 e. The van der Waals surface area contributed by atoms with Crippen LogP contribution in [0, 0.1) is 5.41 Å². The Balaban J connectivity index is 1.05. The highest BCUT2D eigenvalue weighted by molar-refractivity contribution is 6.01. The van der Waals surface area contributed by atoms with E-state index in [1.165, 1.54) is 10.7 Å². The molecular formula is C23H24F3N7O. The quantitative estimate of drug-likeness (QED) is 0.583. The molecule has 0 radical (unpaired) electrons. The second kappa shape index (κ2) is 7.57. The first kappa shape index (κ1) is 21.2. The van der Waals surface area contributed by atoms with Crippen LogP contribution in [0.3, 0.4) is 0 Å². The molecule has 2 saturated carbocycles. The van der Waals surface area contributed by atoms with Crippen molar-refractivity contribution in [3.63, 3.8) is 0 Å². The number of rotatable bonds is 5. The first-order chi connectivity index (χ1) is 16.3. The van der Waals surface area contributed by atoms with Crippen LogP contribution < -0.4 is 15.5 Å². The summed E-state index contributed by atoms with van der Waals surface area (Å²) in [5.41, 5.74) is 0.165. The molecule has 1 aliphatic heterocycles. The summed E-state index contributed by atoms with van der Waals surface area (Å²) in [4.78, 5) is 23.1.